The Labute approximate surface area is 96.3 Å². The van der Waals surface area contributed by atoms with Crippen molar-refractivity contribution in [3.05, 3.63) is 29.0 Å². The summed E-state index contributed by atoms with van der Waals surface area (Å²) in [5.74, 6) is 0.796. The van der Waals surface area contributed by atoms with Gasteiger partial charge in [0.05, 0.1) is 5.69 Å². The van der Waals surface area contributed by atoms with Crippen molar-refractivity contribution in [3.8, 4) is 0 Å². The maximum Gasteiger partial charge on any atom is 0.129 e. The highest BCUT2D eigenvalue weighted by atomic mass is 35.5. The second-order valence-corrected chi connectivity index (χ2v) is 4.82. The number of aromatic nitrogens is 1. The summed E-state index contributed by atoms with van der Waals surface area (Å²) in [6, 6.07) is 6.49. The van der Waals surface area contributed by atoms with E-state index in [0.717, 1.165) is 18.2 Å². The molecule has 0 N–H and O–H groups in total. The minimum absolute atomic E-state index is 0.590. The first kappa shape index (κ1) is 10.9. The fraction of sp³-hybridized carbons (Fsp3) is 0.583. The van der Waals surface area contributed by atoms with Crippen molar-refractivity contribution in [2.24, 2.45) is 5.92 Å². The van der Waals surface area contributed by atoms with Crippen molar-refractivity contribution in [1.29, 1.82) is 0 Å². The molecule has 2 unspecified atom stereocenters. The van der Waals surface area contributed by atoms with Crippen LogP contribution in [0, 0.1) is 5.92 Å². The first-order chi connectivity index (χ1) is 7.16. The third-order valence-corrected chi connectivity index (χ3v) is 3.62. The first-order valence-corrected chi connectivity index (χ1v) is 5.90. The quantitative estimate of drug-likeness (QED) is 0.719. The molecule has 0 radical (unpaired) electrons. The first-order valence-electron chi connectivity index (χ1n) is 5.52. The zero-order valence-corrected chi connectivity index (χ0v) is 10.0. The predicted molar refractivity (Wildman–Crippen MR) is 62.9 cm³/mol. The Bertz CT molecular complexity index is 340. The third kappa shape index (κ3) is 2.50. The van der Waals surface area contributed by atoms with Gasteiger partial charge in [-0.3, -0.25) is 4.90 Å². The summed E-state index contributed by atoms with van der Waals surface area (Å²) in [7, 11) is 0. The van der Waals surface area contributed by atoms with Gasteiger partial charge in [-0.2, -0.15) is 0 Å². The predicted octanol–water partition coefficient (Wildman–Crippen LogP) is 2.97. The van der Waals surface area contributed by atoms with Gasteiger partial charge in [0.15, 0.2) is 0 Å². The van der Waals surface area contributed by atoms with Gasteiger partial charge in [0.1, 0.15) is 5.15 Å². The van der Waals surface area contributed by atoms with E-state index < -0.39 is 0 Å². The molecular formula is C12H17ClN2. The Kier molecular flexibility index (Phi) is 3.27. The molecular weight excluding hydrogens is 208 g/mol. The molecule has 1 aromatic rings. The van der Waals surface area contributed by atoms with E-state index in [1.54, 1.807) is 0 Å². The average Bonchev–Trinajstić information content (AvgIpc) is 2.50. The molecule has 1 aliphatic heterocycles. The van der Waals surface area contributed by atoms with Crippen LogP contribution in [0.4, 0.5) is 0 Å². The summed E-state index contributed by atoms with van der Waals surface area (Å²) in [4.78, 5) is 6.80. The summed E-state index contributed by atoms with van der Waals surface area (Å²) in [6.07, 6.45) is 1.29. The minimum atomic E-state index is 0.590. The standard InChI is InChI=1S/C12H17ClN2/c1-9-6-7-15(10(9)2)8-11-4-3-5-12(13)14-11/h3-5,9-10H,6-8H2,1-2H3. The highest BCUT2D eigenvalue weighted by Gasteiger charge is 2.27. The van der Waals surface area contributed by atoms with Gasteiger partial charge >= 0.3 is 0 Å². The molecule has 0 bridgehead atoms. The smallest absolute Gasteiger partial charge is 0.129 e. The molecule has 2 atom stereocenters. The normalized spacial score (nSPS) is 27.1. The Morgan fingerprint density at radius 1 is 1.47 bits per heavy atom. The number of pyridine rings is 1. The largest absolute Gasteiger partial charge is 0.295 e. The minimum Gasteiger partial charge on any atom is -0.295 e. The number of rotatable bonds is 2. The Morgan fingerprint density at radius 3 is 2.87 bits per heavy atom. The summed E-state index contributed by atoms with van der Waals surface area (Å²) < 4.78 is 0. The van der Waals surface area contributed by atoms with Crippen molar-refractivity contribution < 1.29 is 0 Å². The van der Waals surface area contributed by atoms with Gasteiger partial charge in [-0.25, -0.2) is 4.98 Å². The van der Waals surface area contributed by atoms with Crippen LogP contribution in [-0.4, -0.2) is 22.5 Å². The number of hydrogen-bond acceptors (Lipinski definition) is 2. The number of hydrogen-bond donors (Lipinski definition) is 0. The Hall–Kier alpha value is -0.600. The number of likely N-dealkylation sites (tertiary alicyclic amines) is 1. The van der Waals surface area contributed by atoms with Gasteiger partial charge in [0, 0.05) is 12.6 Å². The van der Waals surface area contributed by atoms with Crippen molar-refractivity contribution >= 4 is 11.6 Å². The lowest BCUT2D eigenvalue weighted by atomic mass is 10.1. The fourth-order valence-corrected chi connectivity index (χ4v) is 2.32. The van der Waals surface area contributed by atoms with E-state index in [4.69, 9.17) is 11.6 Å². The van der Waals surface area contributed by atoms with Gasteiger partial charge < -0.3 is 0 Å². The molecule has 2 rings (SSSR count). The topological polar surface area (TPSA) is 16.1 Å². The molecule has 3 heteroatoms. The Balaban J connectivity index is 2.03. The zero-order valence-electron chi connectivity index (χ0n) is 9.28. The van der Waals surface area contributed by atoms with Crippen LogP contribution in [0.2, 0.25) is 5.15 Å². The second-order valence-electron chi connectivity index (χ2n) is 4.43. The summed E-state index contributed by atoms with van der Waals surface area (Å²) in [5, 5.41) is 0.590. The number of nitrogens with zero attached hydrogens (tertiary/aromatic N) is 2. The molecule has 0 saturated carbocycles. The molecule has 2 nitrogen and oxygen atoms in total. The molecule has 0 aliphatic carbocycles. The van der Waals surface area contributed by atoms with Crippen LogP contribution in [0.3, 0.4) is 0 Å². The molecule has 1 aromatic heterocycles. The highest BCUT2D eigenvalue weighted by molar-refractivity contribution is 6.29. The maximum atomic E-state index is 5.87. The van der Waals surface area contributed by atoms with Crippen LogP contribution in [0.1, 0.15) is 26.0 Å². The molecule has 1 aliphatic rings. The lowest BCUT2D eigenvalue weighted by Crippen LogP contribution is -2.29. The monoisotopic (exact) mass is 224 g/mol. The van der Waals surface area contributed by atoms with Gasteiger partial charge in [0.2, 0.25) is 0 Å². The van der Waals surface area contributed by atoms with Crippen molar-refractivity contribution in [2.45, 2.75) is 32.9 Å². The highest BCUT2D eigenvalue weighted by Crippen LogP contribution is 2.24. The summed E-state index contributed by atoms with van der Waals surface area (Å²) in [6.45, 7) is 6.71. The van der Waals surface area contributed by atoms with E-state index in [-0.39, 0.29) is 0 Å². The van der Waals surface area contributed by atoms with Gasteiger partial charge in [-0.15, -0.1) is 0 Å². The van der Waals surface area contributed by atoms with Crippen LogP contribution in [0.25, 0.3) is 0 Å². The van der Waals surface area contributed by atoms with Crippen molar-refractivity contribution in [2.75, 3.05) is 6.54 Å². The van der Waals surface area contributed by atoms with E-state index in [1.165, 1.54) is 13.0 Å². The zero-order chi connectivity index (χ0) is 10.8. The van der Waals surface area contributed by atoms with Gasteiger partial charge in [0.25, 0.3) is 0 Å². The molecule has 1 fully saturated rings. The molecule has 82 valence electrons. The van der Waals surface area contributed by atoms with Crippen LogP contribution in [0.15, 0.2) is 18.2 Å². The van der Waals surface area contributed by atoms with Crippen LogP contribution in [-0.2, 0) is 6.54 Å². The lowest BCUT2D eigenvalue weighted by molar-refractivity contribution is 0.236. The molecule has 1 saturated heterocycles. The third-order valence-electron chi connectivity index (χ3n) is 3.41. The van der Waals surface area contributed by atoms with E-state index in [1.807, 2.05) is 18.2 Å². The molecule has 0 amide bonds. The maximum absolute atomic E-state index is 5.87. The SMILES string of the molecule is CC1CCN(Cc2cccc(Cl)n2)C1C. The average molecular weight is 225 g/mol. The summed E-state index contributed by atoms with van der Waals surface area (Å²) >= 11 is 5.87. The lowest BCUT2D eigenvalue weighted by Gasteiger charge is -2.22. The second kappa shape index (κ2) is 4.50. The molecule has 15 heavy (non-hydrogen) atoms. The van der Waals surface area contributed by atoms with Crippen molar-refractivity contribution in [1.82, 2.24) is 9.88 Å². The molecule has 2 heterocycles. The van der Waals surface area contributed by atoms with Crippen LogP contribution < -0.4 is 0 Å². The van der Waals surface area contributed by atoms with E-state index in [9.17, 15) is 0 Å². The van der Waals surface area contributed by atoms with Gasteiger partial charge in [-0.1, -0.05) is 24.6 Å². The van der Waals surface area contributed by atoms with Gasteiger partial charge in [-0.05, 0) is 37.9 Å². The van der Waals surface area contributed by atoms with E-state index in [0.29, 0.717) is 11.2 Å². The molecule has 0 spiro atoms. The Morgan fingerprint density at radius 2 is 2.27 bits per heavy atom. The number of halogens is 1. The van der Waals surface area contributed by atoms with E-state index in [2.05, 4.69) is 23.7 Å². The van der Waals surface area contributed by atoms with Crippen molar-refractivity contribution in [3.63, 3.8) is 0 Å². The van der Waals surface area contributed by atoms with Crippen LogP contribution in [0.5, 0.6) is 0 Å². The summed E-state index contributed by atoms with van der Waals surface area (Å²) in [5.41, 5.74) is 1.07. The molecule has 0 aromatic carbocycles. The van der Waals surface area contributed by atoms with E-state index >= 15 is 0 Å². The fourth-order valence-electron chi connectivity index (χ4n) is 2.14. The van der Waals surface area contributed by atoms with Crippen LogP contribution >= 0.6 is 11.6 Å².